The van der Waals surface area contributed by atoms with E-state index in [2.05, 4.69) is 5.32 Å². The van der Waals surface area contributed by atoms with Crippen molar-refractivity contribution in [1.29, 1.82) is 0 Å². The van der Waals surface area contributed by atoms with Crippen molar-refractivity contribution in [2.75, 3.05) is 11.9 Å². The van der Waals surface area contributed by atoms with Crippen LogP contribution >= 0.6 is 0 Å². The molecule has 2 aromatic rings. The monoisotopic (exact) mass is 271 g/mol. The summed E-state index contributed by atoms with van der Waals surface area (Å²) in [4.78, 5) is 11.4. The largest absolute Gasteiger partial charge is 0.494 e. The van der Waals surface area contributed by atoms with Gasteiger partial charge in [0.2, 0.25) is 0 Å². The molecule has 0 heterocycles. The maximum Gasteiger partial charge on any atom is 0.330 e. The number of hydrogen-bond donors (Lipinski definition) is 2. The lowest BCUT2D eigenvalue weighted by Crippen LogP contribution is -2.20. The van der Waals surface area contributed by atoms with Gasteiger partial charge in [-0.15, -0.1) is 0 Å². The van der Waals surface area contributed by atoms with Crippen LogP contribution in [-0.4, -0.2) is 17.7 Å². The van der Waals surface area contributed by atoms with Crippen LogP contribution < -0.4 is 10.1 Å². The zero-order valence-corrected chi connectivity index (χ0v) is 11.2. The molecule has 0 aromatic heterocycles. The Morgan fingerprint density at radius 3 is 2.35 bits per heavy atom. The molecule has 0 saturated heterocycles. The number of anilines is 1. The highest BCUT2D eigenvalue weighted by Crippen LogP contribution is 2.22. The number of ether oxygens (including phenoxy) is 1. The van der Waals surface area contributed by atoms with Gasteiger partial charge in [-0.25, -0.2) is 4.79 Å². The van der Waals surface area contributed by atoms with E-state index in [1.165, 1.54) is 0 Å². The molecule has 20 heavy (non-hydrogen) atoms. The lowest BCUT2D eigenvalue weighted by Gasteiger charge is -2.16. The van der Waals surface area contributed by atoms with Crippen LogP contribution in [0.25, 0.3) is 0 Å². The third-order valence-corrected chi connectivity index (χ3v) is 2.86. The molecule has 0 saturated carbocycles. The normalized spacial score (nSPS) is 11.7. The highest BCUT2D eigenvalue weighted by atomic mass is 16.5. The second-order valence-corrected chi connectivity index (χ2v) is 4.28. The molecule has 2 aromatic carbocycles. The van der Waals surface area contributed by atoms with Crippen LogP contribution in [0.2, 0.25) is 0 Å². The van der Waals surface area contributed by atoms with Gasteiger partial charge in [0.1, 0.15) is 5.75 Å². The first-order valence-corrected chi connectivity index (χ1v) is 6.48. The zero-order chi connectivity index (χ0) is 14.4. The number of nitrogens with one attached hydrogen (secondary N) is 1. The van der Waals surface area contributed by atoms with Crippen LogP contribution in [0, 0.1) is 0 Å². The fourth-order valence-corrected chi connectivity index (χ4v) is 1.91. The van der Waals surface area contributed by atoms with Gasteiger partial charge in [0.05, 0.1) is 6.61 Å². The Morgan fingerprint density at radius 2 is 1.80 bits per heavy atom. The molecular weight excluding hydrogens is 254 g/mol. The quantitative estimate of drug-likeness (QED) is 0.846. The molecule has 2 rings (SSSR count). The minimum absolute atomic E-state index is 0.606. The Morgan fingerprint density at radius 1 is 1.15 bits per heavy atom. The van der Waals surface area contributed by atoms with Crippen molar-refractivity contribution in [1.82, 2.24) is 0 Å². The number of carboxylic acids is 1. The van der Waals surface area contributed by atoms with Crippen molar-refractivity contribution in [3.8, 4) is 5.75 Å². The molecule has 2 N–H and O–H groups in total. The van der Waals surface area contributed by atoms with E-state index in [4.69, 9.17) is 4.74 Å². The number of rotatable bonds is 6. The van der Waals surface area contributed by atoms with Crippen molar-refractivity contribution in [3.63, 3.8) is 0 Å². The van der Waals surface area contributed by atoms with Gasteiger partial charge in [-0.05, 0) is 36.8 Å². The van der Waals surface area contributed by atoms with E-state index in [-0.39, 0.29) is 0 Å². The third kappa shape index (κ3) is 3.51. The van der Waals surface area contributed by atoms with E-state index >= 15 is 0 Å². The summed E-state index contributed by atoms with van der Waals surface area (Å²) < 4.78 is 5.35. The molecule has 4 heteroatoms. The Kier molecular flexibility index (Phi) is 4.60. The third-order valence-electron chi connectivity index (χ3n) is 2.86. The Bertz CT molecular complexity index is 552. The lowest BCUT2D eigenvalue weighted by molar-refractivity contribution is -0.138. The van der Waals surface area contributed by atoms with Crippen LogP contribution in [0.4, 0.5) is 5.69 Å². The van der Waals surface area contributed by atoms with Crippen LogP contribution in [0.5, 0.6) is 5.75 Å². The summed E-state index contributed by atoms with van der Waals surface area (Å²) in [5, 5.41) is 12.3. The summed E-state index contributed by atoms with van der Waals surface area (Å²) in [7, 11) is 0. The highest BCUT2D eigenvalue weighted by molar-refractivity contribution is 5.79. The molecule has 0 aliphatic rings. The molecule has 4 nitrogen and oxygen atoms in total. The molecule has 0 aliphatic carbocycles. The second-order valence-electron chi connectivity index (χ2n) is 4.28. The SMILES string of the molecule is CCOc1ccc(NC(C(=O)O)c2ccccc2)cc1. The van der Waals surface area contributed by atoms with Crippen molar-refractivity contribution in [2.24, 2.45) is 0 Å². The first kappa shape index (κ1) is 13.9. The van der Waals surface area contributed by atoms with Gasteiger partial charge in [-0.1, -0.05) is 30.3 Å². The molecular formula is C16H17NO3. The number of carbonyl (C=O) groups is 1. The van der Waals surface area contributed by atoms with Gasteiger partial charge in [-0.3, -0.25) is 0 Å². The molecule has 0 spiro atoms. The topological polar surface area (TPSA) is 58.6 Å². The second kappa shape index (κ2) is 6.61. The van der Waals surface area contributed by atoms with Crippen LogP contribution in [0.3, 0.4) is 0 Å². The van der Waals surface area contributed by atoms with Gasteiger partial charge in [0.25, 0.3) is 0 Å². The number of carboxylic acid groups (broad SMARTS) is 1. The number of benzene rings is 2. The van der Waals surface area contributed by atoms with Gasteiger partial charge in [-0.2, -0.15) is 0 Å². The summed E-state index contributed by atoms with van der Waals surface area (Å²) in [6, 6.07) is 15.6. The molecule has 104 valence electrons. The standard InChI is InChI=1S/C16H17NO3/c1-2-20-14-10-8-13(9-11-14)17-15(16(18)19)12-6-4-3-5-7-12/h3-11,15,17H,2H2,1H3,(H,18,19). The van der Waals surface area contributed by atoms with Crippen molar-refractivity contribution in [3.05, 3.63) is 60.2 Å². The Labute approximate surface area is 118 Å². The van der Waals surface area contributed by atoms with Gasteiger partial charge < -0.3 is 15.2 Å². The minimum Gasteiger partial charge on any atom is -0.494 e. The first-order chi connectivity index (χ1) is 9.70. The average Bonchev–Trinajstić information content (AvgIpc) is 2.47. The highest BCUT2D eigenvalue weighted by Gasteiger charge is 2.18. The minimum atomic E-state index is -0.912. The Balaban J connectivity index is 2.14. The maximum absolute atomic E-state index is 11.4. The van der Waals surface area contributed by atoms with Crippen LogP contribution in [-0.2, 0) is 4.79 Å². The lowest BCUT2D eigenvalue weighted by atomic mass is 10.1. The maximum atomic E-state index is 11.4. The molecule has 1 atom stereocenters. The van der Waals surface area contributed by atoms with E-state index < -0.39 is 12.0 Å². The van der Waals surface area contributed by atoms with E-state index in [1.807, 2.05) is 49.4 Å². The van der Waals surface area contributed by atoms with Crippen molar-refractivity contribution in [2.45, 2.75) is 13.0 Å². The van der Waals surface area contributed by atoms with Crippen molar-refractivity contribution < 1.29 is 14.6 Å². The van der Waals surface area contributed by atoms with E-state index in [0.29, 0.717) is 12.2 Å². The van der Waals surface area contributed by atoms with E-state index in [0.717, 1.165) is 11.4 Å². The molecule has 1 unspecified atom stereocenters. The summed E-state index contributed by atoms with van der Waals surface area (Å²) >= 11 is 0. The van der Waals surface area contributed by atoms with Crippen LogP contribution in [0.1, 0.15) is 18.5 Å². The fraction of sp³-hybridized carbons (Fsp3) is 0.188. The van der Waals surface area contributed by atoms with Gasteiger partial charge in [0.15, 0.2) is 6.04 Å². The van der Waals surface area contributed by atoms with Gasteiger partial charge >= 0.3 is 5.97 Å². The summed E-state index contributed by atoms with van der Waals surface area (Å²) in [6.45, 7) is 2.52. The summed E-state index contributed by atoms with van der Waals surface area (Å²) in [6.07, 6.45) is 0. The van der Waals surface area contributed by atoms with Gasteiger partial charge in [0, 0.05) is 5.69 Å². The molecule has 0 fully saturated rings. The number of hydrogen-bond acceptors (Lipinski definition) is 3. The fourth-order valence-electron chi connectivity index (χ4n) is 1.91. The smallest absolute Gasteiger partial charge is 0.330 e. The zero-order valence-electron chi connectivity index (χ0n) is 11.2. The van der Waals surface area contributed by atoms with E-state index in [9.17, 15) is 9.90 Å². The molecule has 0 aliphatic heterocycles. The summed E-state index contributed by atoms with van der Waals surface area (Å²) in [5.74, 6) is -0.144. The predicted molar refractivity (Wildman–Crippen MR) is 78.1 cm³/mol. The molecule has 0 radical (unpaired) electrons. The predicted octanol–water partition coefficient (Wildman–Crippen LogP) is 3.32. The molecule has 0 bridgehead atoms. The van der Waals surface area contributed by atoms with E-state index in [1.54, 1.807) is 12.1 Å². The van der Waals surface area contributed by atoms with Crippen molar-refractivity contribution >= 4 is 11.7 Å². The average molecular weight is 271 g/mol. The molecule has 0 amide bonds. The van der Waals surface area contributed by atoms with Crippen LogP contribution in [0.15, 0.2) is 54.6 Å². The first-order valence-electron chi connectivity index (χ1n) is 6.48. The summed E-state index contributed by atoms with van der Waals surface area (Å²) in [5.41, 5.74) is 1.46. The number of aliphatic carboxylic acids is 1. The Hall–Kier alpha value is -2.49.